The van der Waals surface area contributed by atoms with Gasteiger partial charge in [0.15, 0.2) is 6.29 Å². The molecule has 2 aliphatic rings. The normalized spacial score (nSPS) is 31.8. The lowest BCUT2D eigenvalue weighted by Gasteiger charge is -2.54. The number of halogens is 1. The Morgan fingerprint density at radius 1 is 1.31 bits per heavy atom. The van der Waals surface area contributed by atoms with Gasteiger partial charge in [-0.05, 0) is 30.2 Å². The topological polar surface area (TPSA) is 109 Å². The SMILES string of the molecule is CCO[C@H]1[C@@H](S)O[C@@H]2COC(c3ccccc3)O[C@@H]2C1(N=[N+]=[N-])c1ccc(C#N)c(Cl)c1. The lowest BCUT2D eigenvalue weighted by Crippen LogP contribution is -2.66. The number of nitriles is 1. The van der Waals surface area contributed by atoms with Crippen LogP contribution in [0.25, 0.3) is 10.4 Å². The summed E-state index contributed by atoms with van der Waals surface area (Å²) in [7, 11) is 0. The van der Waals surface area contributed by atoms with Gasteiger partial charge in [0.05, 0.1) is 17.2 Å². The molecular weight excluding hydrogens is 452 g/mol. The minimum absolute atomic E-state index is 0.201. The Morgan fingerprint density at radius 3 is 2.75 bits per heavy atom. The first-order chi connectivity index (χ1) is 15.5. The highest BCUT2D eigenvalue weighted by atomic mass is 35.5. The fourth-order valence-corrected chi connectivity index (χ4v) is 4.95. The Labute approximate surface area is 196 Å². The van der Waals surface area contributed by atoms with Gasteiger partial charge in [0.2, 0.25) is 0 Å². The van der Waals surface area contributed by atoms with Gasteiger partial charge in [-0.2, -0.15) is 5.26 Å². The first kappa shape index (κ1) is 22.9. The molecule has 0 aromatic heterocycles. The van der Waals surface area contributed by atoms with E-state index in [1.807, 2.05) is 43.3 Å². The second kappa shape index (κ2) is 9.69. The predicted molar refractivity (Wildman–Crippen MR) is 120 cm³/mol. The number of fused-ring (bicyclic) bond motifs is 1. The number of rotatable bonds is 5. The van der Waals surface area contributed by atoms with Crippen molar-refractivity contribution in [2.75, 3.05) is 13.2 Å². The molecule has 0 amide bonds. The average molecular weight is 473 g/mol. The third-order valence-corrected chi connectivity index (χ3v) is 6.35. The van der Waals surface area contributed by atoms with Gasteiger partial charge < -0.3 is 18.9 Å². The predicted octanol–water partition coefficient (Wildman–Crippen LogP) is 4.89. The third kappa shape index (κ3) is 3.96. The molecule has 4 rings (SSSR count). The maximum absolute atomic E-state index is 9.63. The molecule has 2 heterocycles. The molecule has 2 aromatic carbocycles. The lowest BCUT2D eigenvalue weighted by molar-refractivity contribution is -0.319. The van der Waals surface area contributed by atoms with Crippen molar-refractivity contribution in [1.29, 1.82) is 5.26 Å². The van der Waals surface area contributed by atoms with E-state index in [0.717, 1.165) is 5.56 Å². The molecule has 2 aliphatic heterocycles. The molecule has 0 spiro atoms. The van der Waals surface area contributed by atoms with Crippen LogP contribution in [-0.4, -0.2) is 37.0 Å². The van der Waals surface area contributed by atoms with E-state index >= 15 is 0 Å². The molecule has 6 atom stereocenters. The van der Waals surface area contributed by atoms with Crippen LogP contribution in [0.2, 0.25) is 5.02 Å². The molecule has 2 aromatic rings. The zero-order valence-corrected chi connectivity index (χ0v) is 18.8. The van der Waals surface area contributed by atoms with Gasteiger partial charge in [-0.1, -0.05) is 53.1 Å². The highest BCUT2D eigenvalue weighted by Crippen LogP contribution is 2.49. The maximum Gasteiger partial charge on any atom is 0.184 e. The second-order valence-corrected chi connectivity index (χ2v) is 8.31. The first-order valence-electron chi connectivity index (χ1n) is 10.1. The summed E-state index contributed by atoms with van der Waals surface area (Å²) in [5, 5.41) is 13.8. The molecule has 0 radical (unpaired) electrons. The summed E-state index contributed by atoms with van der Waals surface area (Å²) in [6, 6.07) is 16.4. The Morgan fingerprint density at radius 2 is 2.09 bits per heavy atom. The quantitative estimate of drug-likeness (QED) is 0.288. The molecular formula is C22H21ClN4O4S. The Hall–Kier alpha value is -2.28. The Balaban J connectivity index is 1.87. The van der Waals surface area contributed by atoms with Crippen LogP contribution in [0.1, 0.15) is 29.9 Å². The van der Waals surface area contributed by atoms with Crippen LogP contribution in [0.15, 0.2) is 53.6 Å². The van der Waals surface area contributed by atoms with E-state index in [1.165, 1.54) is 0 Å². The molecule has 0 saturated carbocycles. The molecule has 0 N–H and O–H groups in total. The third-order valence-electron chi connectivity index (χ3n) is 5.64. The van der Waals surface area contributed by atoms with E-state index in [4.69, 9.17) is 30.5 Å². The summed E-state index contributed by atoms with van der Waals surface area (Å²) in [6.45, 7) is 2.36. The van der Waals surface area contributed by atoms with Gasteiger partial charge in [-0.15, -0.1) is 12.6 Å². The number of thiol groups is 1. The smallest absolute Gasteiger partial charge is 0.184 e. The molecule has 0 aliphatic carbocycles. The number of azide groups is 1. The number of hydrogen-bond donors (Lipinski definition) is 1. The fourth-order valence-electron chi connectivity index (χ4n) is 4.26. The number of nitrogens with zero attached hydrogens (tertiary/aromatic N) is 4. The van der Waals surface area contributed by atoms with Crippen molar-refractivity contribution in [2.45, 2.75) is 42.5 Å². The van der Waals surface area contributed by atoms with Crippen molar-refractivity contribution in [1.82, 2.24) is 0 Å². The van der Waals surface area contributed by atoms with Crippen molar-refractivity contribution in [3.05, 3.63) is 80.7 Å². The van der Waals surface area contributed by atoms with Crippen molar-refractivity contribution < 1.29 is 18.9 Å². The molecule has 2 saturated heterocycles. The Kier molecular flexibility index (Phi) is 6.93. The van der Waals surface area contributed by atoms with Crippen LogP contribution in [0.4, 0.5) is 0 Å². The molecule has 2 unspecified atom stereocenters. The van der Waals surface area contributed by atoms with Gasteiger partial charge >= 0.3 is 0 Å². The largest absolute Gasteiger partial charge is 0.374 e. The second-order valence-electron chi connectivity index (χ2n) is 7.39. The summed E-state index contributed by atoms with van der Waals surface area (Å²) in [5.74, 6) is 0. The monoisotopic (exact) mass is 472 g/mol. The molecule has 10 heteroatoms. The number of hydrogen-bond acceptors (Lipinski definition) is 7. The van der Waals surface area contributed by atoms with Crippen molar-refractivity contribution in [3.8, 4) is 6.07 Å². The molecule has 2 fully saturated rings. The van der Waals surface area contributed by atoms with Crippen molar-refractivity contribution >= 4 is 24.2 Å². The molecule has 32 heavy (non-hydrogen) atoms. The first-order valence-corrected chi connectivity index (χ1v) is 11.0. The van der Waals surface area contributed by atoms with Crippen LogP contribution in [0.5, 0.6) is 0 Å². The zero-order chi connectivity index (χ0) is 22.7. The summed E-state index contributed by atoms with van der Waals surface area (Å²) >= 11 is 11.0. The molecule has 0 bridgehead atoms. The summed E-state index contributed by atoms with van der Waals surface area (Å²) in [5.41, 5.74) is 9.20. The number of benzene rings is 2. The molecule has 166 valence electrons. The summed E-state index contributed by atoms with van der Waals surface area (Å²) in [4.78, 5) is 3.16. The van der Waals surface area contributed by atoms with Gasteiger partial charge in [0, 0.05) is 17.1 Å². The van der Waals surface area contributed by atoms with Crippen molar-refractivity contribution in [3.63, 3.8) is 0 Å². The highest BCUT2D eigenvalue weighted by molar-refractivity contribution is 7.80. The van der Waals surface area contributed by atoms with E-state index in [1.54, 1.807) is 18.2 Å². The Bertz CT molecular complexity index is 1060. The lowest BCUT2D eigenvalue weighted by atomic mass is 9.75. The zero-order valence-electron chi connectivity index (χ0n) is 17.2. The van der Waals surface area contributed by atoms with E-state index in [0.29, 0.717) is 17.7 Å². The van der Waals surface area contributed by atoms with E-state index in [-0.39, 0.29) is 11.6 Å². The van der Waals surface area contributed by atoms with E-state index in [9.17, 15) is 10.8 Å². The average Bonchev–Trinajstić information content (AvgIpc) is 2.81. The minimum Gasteiger partial charge on any atom is -0.374 e. The van der Waals surface area contributed by atoms with Gasteiger partial charge in [0.25, 0.3) is 0 Å². The van der Waals surface area contributed by atoms with Gasteiger partial charge in [-0.25, -0.2) is 0 Å². The van der Waals surface area contributed by atoms with Crippen LogP contribution >= 0.6 is 24.2 Å². The van der Waals surface area contributed by atoms with Crippen LogP contribution < -0.4 is 0 Å². The minimum atomic E-state index is -1.37. The van der Waals surface area contributed by atoms with Crippen LogP contribution in [0.3, 0.4) is 0 Å². The van der Waals surface area contributed by atoms with Gasteiger partial charge in [0.1, 0.15) is 35.4 Å². The summed E-state index contributed by atoms with van der Waals surface area (Å²) < 4.78 is 24.4. The van der Waals surface area contributed by atoms with E-state index < -0.39 is 35.6 Å². The fraction of sp³-hybridized carbons (Fsp3) is 0.409. The standard InChI is InChI=1S/C22H21ClN4O4S/c1-2-28-19-21(32)30-17-12-29-20(13-6-4-3-5-7-13)31-18(17)22(19,26-27-25)15-9-8-14(11-24)16(23)10-15/h3-10,17-21,32H,2,12H2,1H3/t17-,18+,19+,20?,21-,22?/m1/s1. The number of ether oxygens (including phenoxy) is 4. The van der Waals surface area contributed by atoms with Crippen LogP contribution in [0, 0.1) is 11.3 Å². The maximum atomic E-state index is 9.63. The van der Waals surface area contributed by atoms with Crippen molar-refractivity contribution in [2.24, 2.45) is 5.11 Å². The van der Waals surface area contributed by atoms with Gasteiger partial charge in [-0.3, -0.25) is 0 Å². The van der Waals surface area contributed by atoms with Crippen LogP contribution in [-0.2, 0) is 24.5 Å². The summed E-state index contributed by atoms with van der Waals surface area (Å²) in [6.07, 6.45) is -2.82. The highest BCUT2D eigenvalue weighted by Gasteiger charge is 2.60. The van der Waals surface area contributed by atoms with E-state index in [2.05, 4.69) is 22.7 Å². The molecule has 8 nitrogen and oxygen atoms in total.